The zero-order valence-corrected chi connectivity index (χ0v) is 15.3. The number of hydrogen-bond acceptors (Lipinski definition) is 1. The van der Waals surface area contributed by atoms with Crippen molar-refractivity contribution in [3.8, 4) is 0 Å². The topological polar surface area (TPSA) is 20.2 Å². The maximum Gasteiger partial charge on any atom is 0.0761 e. The second kappa shape index (κ2) is 3.81. The lowest BCUT2D eigenvalue weighted by molar-refractivity contribution is 0.178. The Morgan fingerprint density at radius 3 is 2.30 bits per heavy atom. The van der Waals surface area contributed by atoms with E-state index in [1.807, 2.05) is 6.92 Å². The van der Waals surface area contributed by atoms with Crippen molar-refractivity contribution < 1.29 is 5.11 Å². The van der Waals surface area contributed by atoms with Crippen LogP contribution in [0.3, 0.4) is 0 Å². The van der Waals surface area contributed by atoms with Gasteiger partial charge in [-0.2, -0.15) is 0 Å². The molecular formula is C18H32OSi. The number of aliphatic hydroxyl groups excluding tert-OH is 1. The first kappa shape index (κ1) is 14.8. The average Bonchev–Trinajstić information content (AvgIpc) is 3.06. The van der Waals surface area contributed by atoms with Crippen molar-refractivity contribution in [3.63, 3.8) is 0 Å². The monoisotopic (exact) mass is 292 g/mol. The van der Waals surface area contributed by atoms with Gasteiger partial charge in [-0.3, -0.25) is 0 Å². The van der Waals surface area contributed by atoms with Crippen molar-refractivity contribution in [1.82, 2.24) is 0 Å². The first-order valence-corrected chi connectivity index (χ1v) is 11.9. The van der Waals surface area contributed by atoms with Crippen molar-refractivity contribution in [2.24, 2.45) is 28.6 Å². The van der Waals surface area contributed by atoms with Crippen molar-refractivity contribution in [2.45, 2.75) is 71.3 Å². The minimum Gasteiger partial charge on any atom is -0.389 e. The molecule has 0 bridgehead atoms. The lowest BCUT2D eigenvalue weighted by Crippen LogP contribution is -2.41. The van der Waals surface area contributed by atoms with Gasteiger partial charge in [0.1, 0.15) is 0 Å². The molecule has 6 atom stereocenters. The second-order valence-corrected chi connectivity index (χ2v) is 14.8. The van der Waals surface area contributed by atoms with E-state index in [1.165, 1.54) is 12.8 Å². The van der Waals surface area contributed by atoms with Crippen LogP contribution in [0.4, 0.5) is 0 Å². The summed E-state index contributed by atoms with van der Waals surface area (Å²) >= 11 is 0. The molecule has 1 unspecified atom stereocenters. The van der Waals surface area contributed by atoms with Gasteiger partial charge in [0.05, 0.1) is 14.2 Å². The molecule has 1 nitrogen and oxygen atoms in total. The van der Waals surface area contributed by atoms with E-state index in [2.05, 4.69) is 52.6 Å². The molecule has 2 heteroatoms. The standard InChI is InChI=1S/C18H32OSi/c1-8-9-13(19)18(20(5,6)7)15-14-12(16(14,2)3)10-11-17(15,18)4/h8-9,12-15,19H,10-11H2,1-7H3/b9-8+/t12-,13?,14-,15+,17-,18-/m1/s1. The van der Waals surface area contributed by atoms with Crippen LogP contribution in [0.25, 0.3) is 0 Å². The van der Waals surface area contributed by atoms with E-state index in [9.17, 15) is 5.11 Å². The highest BCUT2D eigenvalue weighted by atomic mass is 28.3. The van der Waals surface area contributed by atoms with Crippen LogP contribution in [0, 0.1) is 28.6 Å². The van der Waals surface area contributed by atoms with E-state index < -0.39 is 8.07 Å². The zero-order chi connectivity index (χ0) is 15.1. The van der Waals surface area contributed by atoms with Crippen LogP contribution in [0.5, 0.6) is 0 Å². The van der Waals surface area contributed by atoms with Gasteiger partial charge in [0, 0.05) is 5.04 Å². The summed E-state index contributed by atoms with van der Waals surface area (Å²) < 4.78 is 0. The smallest absolute Gasteiger partial charge is 0.0761 e. The molecule has 0 heterocycles. The molecule has 3 aliphatic carbocycles. The fourth-order valence-corrected chi connectivity index (χ4v) is 11.2. The Hall–Kier alpha value is -0.0831. The van der Waals surface area contributed by atoms with E-state index in [4.69, 9.17) is 0 Å². The number of hydrogen-bond donors (Lipinski definition) is 1. The molecule has 1 N–H and O–H groups in total. The van der Waals surface area contributed by atoms with Crippen LogP contribution in [0.15, 0.2) is 12.2 Å². The predicted molar refractivity (Wildman–Crippen MR) is 88.5 cm³/mol. The lowest BCUT2D eigenvalue weighted by Gasteiger charge is -2.37. The van der Waals surface area contributed by atoms with Crippen LogP contribution in [-0.4, -0.2) is 19.3 Å². The van der Waals surface area contributed by atoms with Gasteiger partial charge in [0.2, 0.25) is 0 Å². The van der Waals surface area contributed by atoms with Crippen molar-refractivity contribution in [2.75, 3.05) is 0 Å². The van der Waals surface area contributed by atoms with Crippen molar-refractivity contribution in [1.29, 1.82) is 0 Å². The molecular weight excluding hydrogens is 260 g/mol. The largest absolute Gasteiger partial charge is 0.389 e. The van der Waals surface area contributed by atoms with Gasteiger partial charge in [0.15, 0.2) is 0 Å². The van der Waals surface area contributed by atoms with E-state index in [0.717, 1.165) is 17.8 Å². The maximum atomic E-state index is 11.0. The fourth-order valence-electron chi connectivity index (χ4n) is 6.87. The van der Waals surface area contributed by atoms with Gasteiger partial charge in [-0.25, -0.2) is 0 Å². The van der Waals surface area contributed by atoms with Gasteiger partial charge < -0.3 is 5.11 Å². The molecule has 3 fully saturated rings. The Balaban J connectivity index is 2.06. The third kappa shape index (κ3) is 1.38. The normalized spacial score (nSPS) is 50.5. The summed E-state index contributed by atoms with van der Waals surface area (Å²) in [5.74, 6) is 2.56. The Morgan fingerprint density at radius 1 is 1.20 bits per heavy atom. The summed E-state index contributed by atoms with van der Waals surface area (Å²) in [4.78, 5) is 0. The Bertz CT molecular complexity index is 461. The SMILES string of the molecule is C/C=C/C(O)[C@@]1([Si](C)(C)C)[C@H]2[C@H]3[C@@H](CC[C@]21C)C3(C)C. The number of rotatable bonds is 3. The van der Waals surface area contributed by atoms with Crippen molar-refractivity contribution in [3.05, 3.63) is 12.2 Å². The molecule has 0 aromatic heterocycles. The number of aliphatic hydroxyl groups is 1. The highest BCUT2D eigenvalue weighted by Crippen LogP contribution is 2.93. The van der Waals surface area contributed by atoms with Gasteiger partial charge >= 0.3 is 0 Å². The van der Waals surface area contributed by atoms with Crippen LogP contribution < -0.4 is 0 Å². The minimum absolute atomic E-state index is 0.208. The fraction of sp³-hybridized carbons (Fsp3) is 0.889. The molecule has 20 heavy (non-hydrogen) atoms. The number of fused-ring (bicyclic) bond motifs is 3. The van der Waals surface area contributed by atoms with Crippen LogP contribution in [-0.2, 0) is 0 Å². The molecule has 0 amide bonds. The third-order valence-electron chi connectivity index (χ3n) is 7.59. The maximum absolute atomic E-state index is 11.0. The number of allylic oxidation sites excluding steroid dienone is 1. The lowest BCUT2D eigenvalue weighted by atomic mass is 9.89. The highest BCUT2D eigenvalue weighted by molar-refractivity contribution is 6.80. The van der Waals surface area contributed by atoms with Crippen LogP contribution in [0.2, 0.25) is 24.7 Å². The Kier molecular flexibility index (Phi) is 2.83. The Morgan fingerprint density at radius 2 is 1.80 bits per heavy atom. The van der Waals surface area contributed by atoms with Gasteiger partial charge in [-0.1, -0.05) is 52.6 Å². The van der Waals surface area contributed by atoms with Crippen LogP contribution in [0.1, 0.15) is 40.5 Å². The summed E-state index contributed by atoms with van der Waals surface area (Å²) in [5.41, 5.74) is 0.921. The molecule has 3 rings (SSSR count). The second-order valence-electron chi connectivity index (χ2n) is 9.48. The summed E-state index contributed by atoms with van der Waals surface area (Å²) in [7, 11) is -1.45. The van der Waals surface area contributed by atoms with E-state index >= 15 is 0 Å². The molecule has 3 aliphatic rings. The molecule has 0 aromatic rings. The van der Waals surface area contributed by atoms with E-state index in [1.54, 1.807) is 0 Å². The van der Waals surface area contributed by atoms with E-state index in [-0.39, 0.29) is 11.1 Å². The Labute approximate surface area is 125 Å². The highest BCUT2D eigenvalue weighted by Gasteiger charge is 2.87. The predicted octanol–water partition coefficient (Wildman–Crippen LogP) is 4.70. The average molecular weight is 293 g/mol. The minimum atomic E-state index is -1.45. The summed E-state index contributed by atoms with van der Waals surface area (Å²) in [5, 5.41) is 11.2. The first-order chi connectivity index (χ1) is 9.06. The van der Waals surface area contributed by atoms with Gasteiger partial charge in [-0.15, -0.1) is 0 Å². The van der Waals surface area contributed by atoms with Crippen LogP contribution >= 0.6 is 0 Å². The summed E-state index contributed by atoms with van der Waals surface area (Å²) in [6.45, 7) is 16.9. The molecule has 3 saturated carbocycles. The molecule has 0 spiro atoms. The molecule has 114 valence electrons. The molecule has 0 aliphatic heterocycles. The quantitative estimate of drug-likeness (QED) is 0.590. The molecule has 0 saturated heterocycles. The first-order valence-electron chi connectivity index (χ1n) is 8.37. The van der Waals surface area contributed by atoms with Gasteiger partial charge in [-0.05, 0) is 48.3 Å². The zero-order valence-electron chi connectivity index (χ0n) is 14.3. The molecule has 0 aromatic carbocycles. The third-order valence-corrected chi connectivity index (χ3v) is 11.3. The van der Waals surface area contributed by atoms with Crippen molar-refractivity contribution >= 4 is 8.07 Å². The summed E-state index contributed by atoms with van der Waals surface area (Å²) in [6.07, 6.45) is 6.62. The summed E-state index contributed by atoms with van der Waals surface area (Å²) in [6, 6.07) is 0. The molecule has 0 radical (unpaired) electrons. The van der Waals surface area contributed by atoms with E-state index in [0.29, 0.717) is 10.8 Å². The van der Waals surface area contributed by atoms with Gasteiger partial charge in [0.25, 0.3) is 0 Å².